The van der Waals surface area contributed by atoms with Crippen molar-refractivity contribution in [3.05, 3.63) is 107 Å². The third-order valence-corrected chi connectivity index (χ3v) is 4.33. The van der Waals surface area contributed by atoms with E-state index in [4.69, 9.17) is 5.73 Å². The molecule has 0 spiro atoms. The maximum Gasteiger partial charge on any atom is 0.198 e. The molecule has 2 aromatic heterocycles. The number of pyridine rings is 1. The van der Waals surface area contributed by atoms with Crippen LogP contribution in [-0.4, -0.2) is 20.5 Å². The third-order valence-electron chi connectivity index (χ3n) is 4.33. The highest BCUT2D eigenvalue weighted by Crippen LogP contribution is 2.23. The standard InChI is InChI=1S/C23H14F2N4O/c24-18-8-9-21(20(25)12-18)29-23(26)19(14-28-29)22(30)17-5-1-3-15(11-17)6-7-16-4-2-10-27-13-16/h1-5,8-14H,26H2. The summed E-state index contributed by atoms with van der Waals surface area (Å²) in [4.78, 5) is 16.9. The lowest BCUT2D eigenvalue weighted by molar-refractivity contribution is 0.103. The highest BCUT2D eigenvalue weighted by atomic mass is 19.1. The van der Waals surface area contributed by atoms with E-state index in [0.717, 1.165) is 22.4 Å². The molecule has 0 radical (unpaired) electrons. The van der Waals surface area contributed by atoms with Crippen LogP contribution in [0.25, 0.3) is 5.69 Å². The predicted octanol–water partition coefficient (Wildman–Crippen LogP) is 3.76. The monoisotopic (exact) mass is 400 g/mol. The molecule has 0 aliphatic heterocycles. The van der Waals surface area contributed by atoms with Crippen LogP contribution in [-0.2, 0) is 0 Å². The van der Waals surface area contributed by atoms with Gasteiger partial charge in [-0.3, -0.25) is 9.78 Å². The van der Waals surface area contributed by atoms with Crippen LogP contribution < -0.4 is 5.73 Å². The van der Waals surface area contributed by atoms with Crippen LogP contribution in [0.1, 0.15) is 27.0 Å². The number of nitrogens with two attached hydrogens (primary N) is 1. The van der Waals surface area contributed by atoms with Gasteiger partial charge < -0.3 is 5.73 Å². The Labute approximate surface area is 170 Å². The number of nitrogens with zero attached hydrogens (tertiary/aromatic N) is 3. The van der Waals surface area contributed by atoms with Crippen molar-refractivity contribution >= 4 is 11.6 Å². The van der Waals surface area contributed by atoms with Gasteiger partial charge in [0, 0.05) is 35.2 Å². The van der Waals surface area contributed by atoms with Crippen LogP contribution >= 0.6 is 0 Å². The maximum atomic E-state index is 14.1. The van der Waals surface area contributed by atoms with Gasteiger partial charge in [-0.05, 0) is 36.4 Å². The van der Waals surface area contributed by atoms with Crippen molar-refractivity contribution < 1.29 is 13.6 Å². The number of anilines is 1. The lowest BCUT2D eigenvalue weighted by atomic mass is 10.0. The number of aromatic nitrogens is 3. The number of rotatable bonds is 3. The maximum absolute atomic E-state index is 14.1. The lowest BCUT2D eigenvalue weighted by Gasteiger charge is -2.06. The lowest BCUT2D eigenvalue weighted by Crippen LogP contribution is -2.08. The van der Waals surface area contributed by atoms with Gasteiger partial charge in [0.1, 0.15) is 17.3 Å². The second-order valence-corrected chi connectivity index (χ2v) is 6.35. The largest absolute Gasteiger partial charge is 0.383 e. The molecule has 0 saturated carbocycles. The number of carbonyl (C=O) groups excluding carboxylic acids is 1. The van der Waals surface area contributed by atoms with Crippen molar-refractivity contribution in [2.75, 3.05) is 5.73 Å². The SMILES string of the molecule is Nc1c(C(=O)c2cccc(C#Cc3cccnc3)c2)cnn1-c1ccc(F)cc1F. The second-order valence-electron chi connectivity index (χ2n) is 6.35. The van der Waals surface area contributed by atoms with E-state index in [2.05, 4.69) is 21.9 Å². The predicted molar refractivity (Wildman–Crippen MR) is 108 cm³/mol. The zero-order valence-electron chi connectivity index (χ0n) is 15.5. The molecule has 30 heavy (non-hydrogen) atoms. The fourth-order valence-electron chi connectivity index (χ4n) is 2.85. The molecule has 0 fully saturated rings. The van der Waals surface area contributed by atoms with Gasteiger partial charge in [0.25, 0.3) is 0 Å². The summed E-state index contributed by atoms with van der Waals surface area (Å²) in [5.74, 6) is 3.98. The Balaban J connectivity index is 1.65. The number of nitrogen functional groups attached to an aromatic ring is 1. The molecule has 0 aliphatic rings. The summed E-state index contributed by atoms with van der Waals surface area (Å²) >= 11 is 0. The van der Waals surface area contributed by atoms with Gasteiger partial charge in [-0.2, -0.15) is 5.10 Å². The minimum atomic E-state index is -0.837. The third kappa shape index (κ3) is 3.80. The van der Waals surface area contributed by atoms with Crippen molar-refractivity contribution in [1.29, 1.82) is 0 Å². The van der Waals surface area contributed by atoms with Gasteiger partial charge in [0.15, 0.2) is 11.6 Å². The van der Waals surface area contributed by atoms with E-state index in [9.17, 15) is 13.6 Å². The highest BCUT2D eigenvalue weighted by molar-refractivity contribution is 6.11. The van der Waals surface area contributed by atoms with Crippen LogP contribution in [0.4, 0.5) is 14.6 Å². The van der Waals surface area contributed by atoms with E-state index in [1.54, 1.807) is 42.7 Å². The molecule has 4 rings (SSSR count). The summed E-state index contributed by atoms with van der Waals surface area (Å²) in [5, 5.41) is 3.99. The molecule has 0 atom stereocenters. The van der Waals surface area contributed by atoms with Crippen LogP contribution in [0, 0.1) is 23.5 Å². The molecule has 0 amide bonds. The topological polar surface area (TPSA) is 73.8 Å². The number of halogens is 2. The van der Waals surface area contributed by atoms with E-state index in [-0.39, 0.29) is 22.9 Å². The molecule has 0 unspecified atom stereocenters. The Hall–Kier alpha value is -4.31. The number of carbonyl (C=O) groups is 1. The summed E-state index contributed by atoms with van der Waals surface area (Å²) in [6.45, 7) is 0. The Morgan fingerprint density at radius 2 is 1.77 bits per heavy atom. The fraction of sp³-hybridized carbons (Fsp3) is 0. The first-order chi connectivity index (χ1) is 14.5. The molecule has 5 nitrogen and oxygen atoms in total. The Kier molecular flexibility index (Phi) is 5.06. The molecule has 146 valence electrons. The van der Waals surface area contributed by atoms with Gasteiger partial charge >= 0.3 is 0 Å². The number of hydrogen-bond acceptors (Lipinski definition) is 4. The van der Waals surface area contributed by atoms with Gasteiger partial charge in [-0.25, -0.2) is 13.5 Å². The Bertz CT molecular complexity index is 1300. The molecule has 0 bridgehead atoms. The van der Waals surface area contributed by atoms with Gasteiger partial charge in [0.2, 0.25) is 0 Å². The van der Waals surface area contributed by atoms with E-state index in [0.29, 0.717) is 11.1 Å². The van der Waals surface area contributed by atoms with Gasteiger partial charge in [-0.1, -0.05) is 24.0 Å². The van der Waals surface area contributed by atoms with Crippen LogP contribution in [0.15, 0.2) is 73.2 Å². The first-order valence-electron chi connectivity index (χ1n) is 8.88. The zero-order valence-corrected chi connectivity index (χ0v) is 15.5. The Morgan fingerprint density at radius 3 is 2.53 bits per heavy atom. The second kappa shape index (κ2) is 7.97. The van der Waals surface area contributed by atoms with E-state index < -0.39 is 11.6 Å². The summed E-state index contributed by atoms with van der Waals surface area (Å²) in [5.41, 5.74) is 7.84. The number of benzene rings is 2. The molecule has 2 aromatic carbocycles. The van der Waals surface area contributed by atoms with Gasteiger partial charge in [0.05, 0.1) is 11.8 Å². The molecule has 0 saturated heterocycles. The molecule has 7 heteroatoms. The first-order valence-corrected chi connectivity index (χ1v) is 8.88. The summed E-state index contributed by atoms with van der Waals surface area (Å²) in [7, 11) is 0. The summed E-state index contributed by atoms with van der Waals surface area (Å²) in [6, 6.07) is 13.4. The van der Waals surface area contributed by atoms with Crippen molar-refractivity contribution in [3.8, 4) is 17.5 Å². The summed E-state index contributed by atoms with van der Waals surface area (Å²) in [6.07, 6.45) is 4.56. The van der Waals surface area contributed by atoms with Crippen LogP contribution in [0.5, 0.6) is 0 Å². The van der Waals surface area contributed by atoms with Gasteiger partial charge in [-0.15, -0.1) is 0 Å². The van der Waals surface area contributed by atoms with Crippen LogP contribution in [0.3, 0.4) is 0 Å². The minimum absolute atomic E-state index is 0.0441. The molecule has 2 heterocycles. The quantitative estimate of drug-likeness (QED) is 0.420. The van der Waals surface area contributed by atoms with Crippen LogP contribution in [0.2, 0.25) is 0 Å². The first kappa shape index (κ1) is 19.0. The van der Waals surface area contributed by atoms with Crippen molar-refractivity contribution in [3.63, 3.8) is 0 Å². The molecular weight excluding hydrogens is 386 g/mol. The number of ketones is 1. The fourth-order valence-corrected chi connectivity index (χ4v) is 2.85. The normalized spacial score (nSPS) is 10.3. The highest BCUT2D eigenvalue weighted by Gasteiger charge is 2.19. The minimum Gasteiger partial charge on any atom is -0.383 e. The average Bonchev–Trinajstić information content (AvgIpc) is 3.14. The summed E-state index contributed by atoms with van der Waals surface area (Å²) < 4.78 is 28.3. The molecule has 4 aromatic rings. The smallest absolute Gasteiger partial charge is 0.198 e. The van der Waals surface area contributed by atoms with Crippen molar-refractivity contribution in [2.24, 2.45) is 0 Å². The molecular formula is C23H14F2N4O. The van der Waals surface area contributed by atoms with Crippen molar-refractivity contribution in [1.82, 2.24) is 14.8 Å². The zero-order chi connectivity index (χ0) is 21.1. The van der Waals surface area contributed by atoms with E-state index in [1.165, 1.54) is 12.3 Å². The van der Waals surface area contributed by atoms with Crippen molar-refractivity contribution in [2.45, 2.75) is 0 Å². The van der Waals surface area contributed by atoms with E-state index in [1.807, 2.05) is 6.07 Å². The molecule has 2 N–H and O–H groups in total. The molecule has 0 aliphatic carbocycles. The van der Waals surface area contributed by atoms with E-state index >= 15 is 0 Å². The Morgan fingerprint density at radius 1 is 0.967 bits per heavy atom. The average molecular weight is 400 g/mol. The number of hydrogen-bond donors (Lipinski definition) is 1.